The van der Waals surface area contributed by atoms with Crippen molar-refractivity contribution < 1.29 is 18.0 Å². The van der Waals surface area contributed by atoms with Crippen LogP contribution in [0, 0.1) is 5.92 Å². The number of carbonyl (C=O) groups is 2. The van der Waals surface area contributed by atoms with E-state index in [1.54, 1.807) is 66.5 Å². The number of anilines is 3. The Labute approximate surface area is 191 Å². The fraction of sp³-hybridized carbons (Fsp3) is 0.292. The van der Waals surface area contributed by atoms with Gasteiger partial charge in [-0.25, -0.2) is 8.42 Å². The molecule has 1 amide bonds. The number of hydrogen-bond acceptors (Lipinski definition) is 6. The zero-order chi connectivity index (χ0) is 23.2. The Morgan fingerprint density at radius 3 is 2.70 bits per heavy atom. The molecule has 2 N–H and O–H groups in total. The summed E-state index contributed by atoms with van der Waals surface area (Å²) >= 11 is 0. The Balaban J connectivity index is 1.50. The molecule has 5 rings (SSSR count). The van der Waals surface area contributed by atoms with E-state index in [2.05, 4.69) is 15.7 Å². The monoisotopic (exact) mass is 464 g/mol. The summed E-state index contributed by atoms with van der Waals surface area (Å²) in [5.41, 5.74) is 1.66. The van der Waals surface area contributed by atoms with Crippen molar-refractivity contribution in [2.45, 2.75) is 41.4 Å². The van der Waals surface area contributed by atoms with Crippen LogP contribution in [0.25, 0.3) is 0 Å². The molecule has 1 fully saturated rings. The molecule has 0 bridgehead atoms. The molecule has 2 atom stereocenters. The molecule has 2 unspecified atom stereocenters. The van der Waals surface area contributed by atoms with Gasteiger partial charge in [0, 0.05) is 32.2 Å². The molecular formula is C24H24N4O4S. The van der Waals surface area contributed by atoms with Crippen molar-refractivity contribution in [3.8, 4) is 0 Å². The molecule has 9 heteroatoms. The van der Waals surface area contributed by atoms with Crippen molar-refractivity contribution in [1.29, 1.82) is 0 Å². The molecule has 1 aliphatic carbocycles. The number of hydrogen-bond donors (Lipinski definition) is 2. The number of ketones is 1. The number of nitrogens with zero attached hydrogens (tertiary/aromatic N) is 2. The molecule has 170 valence electrons. The summed E-state index contributed by atoms with van der Waals surface area (Å²) in [4.78, 5) is 25.5. The van der Waals surface area contributed by atoms with Crippen LogP contribution in [-0.4, -0.2) is 29.9 Å². The van der Waals surface area contributed by atoms with Gasteiger partial charge in [-0.2, -0.15) is 5.10 Å². The third kappa shape index (κ3) is 4.04. The van der Waals surface area contributed by atoms with Crippen LogP contribution in [0.4, 0.5) is 17.2 Å². The van der Waals surface area contributed by atoms with E-state index < -0.39 is 15.8 Å². The normalized spacial score (nSPS) is 19.3. The highest BCUT2D eigenvalue weighted by Crippen LogP contribution is 2.41. The minimum atomic E-state index is -3.66. The van der Waals surface area contributed by atoms with Crippen LogP contribution in [0.15, 0.2) is 64.5 Å². The van der Waals surface area contributed by atoms with Gasteiger partial charge >= 0.3 is 0 Å². The first-order valence-corrected chi connectivity index (χ1v) is 12.4. The molecule has 33 heavy (non-hydrogen) atoms. The standard InChI is InChI=1S/C24H24N4O4S/c1-28-11-10-23(27-28)26-24(30)18(13-15-6-8-17(29)12-15)16-7-9-22-20(14-16)25-19-4-2-3-5-21(19)33(22,31)32/h2-5,7,9-11,14-15,18,25H,6,8,12-13H2,1H3,(H,26,27,30). The van der Waals surface area contributed by atoms with Gasteiger partial charge < -0.3 is 10.6 Å². The van der Waals surface area contributed by atoms with Crippen molar-refractivity contribution in [2.24, 2.45) is 13.0 Å². The van der Waals surface area contributed by atoms with Gasteiger partial charge in [0.15, 0.2) is 5.82 Å². The molecule has 2 aliphatic rings. The number of carbonyl (C=O) groups excluding carboxylic acids is 2. The zero-order valence-electron chi connectivity index (χ0n) is 18.1. The van der Waals surface area contributed by atoms with E-state index in [-0.39, 0.29) is 27.4 Å². The lowest BCUT2D eigenvalue weighted by atomic mass is 9.87. The second-order valence-corrected chi connectivity index (χ2v) is 10.6. The van der Waals surface area contributed by atoms with E-state index in [4.69, 9.17) is 0 Å². The van der Waals surface area contributed by atoms with E-state index in [9.17, 15) is 18.0 Å². The number of aryl methyl sites for hydroxylation is 1. The number of rotatable bonds is 5. The minimum Gasteiger partial charge on any atom is -0.353 e. The number of aromatic nitrogens is 2. The van der Waals surface area contributed by atoms with Gasteiger partial charge in [0.2, 0.25) is 15.7 Å². The van der Waals surface area contributed by atoms with Gasteiger partial charge in [-0.1, -0.05) is 18.2 Å². The summed E-state index contributed by atoms with van der Waals surface area (Å²) in [6.45, 7) is 0. The van der Waals surface area contributed by atoms with Gasteiger partial charge in [-0.05, 0) is 48.6 Å². The first kappa shape index (κ1) is 21.4. The molecule has 0 saturated heterocycles. The van der Waals surface area contributed by atoms with Gasteiger partial charge in [-0.3, -0.25) is 14.3 Å². The van der Waals surface area contributed by atoms with Crippen LogP contribution in [0.3, 0.4) is 0 Å². The number of benzene rings is 2. The Hall–Kier alpha value is -3.46. The third-order valence-electron chi connectivity index (χ3n) is 6.34. The number of amides is 1. The maximum atomic E-state index is 13.3. The van der Waals surface area contributed by atoms with Gasteiger partial charge in [0.1, 0.15) is 5.78 Å². The quantitative estimate of drug-likeness (QED) is 0.465. The molecular weight excluding hydrogens is 440 g/mol. The average Bonchev–Trinajstić information content (AvgIpc) is 3.39. The highest BCUT2D eigenvalue weighted by Gasteiger charge is 2.33. The molecule has 1 saturated carbocycles. The van der Waals surface area contributed by atoms with E-state index in [1.165, 1.54) is 0 Å². The fourth-order valence-electron chi connectivity index (χ4n) is 4.68. The molecule has 1 aromatic heterocycles. The van der Waals surface area contributed by atoms with Crippen LogP contribution in [0.1, 0.15) is 37.2 Å². The first-order valence-electron chi connectivity index (χ1n) is 10.9. The van der Waals surface area contributed by atoms with Crippen LogP contribution < -0.4 is 10.6 Å². The van der Waals surface area contributed by atoms with Crippen LogP contribution in [-0.2, 0) is 26.5 Å². The number of sulfone groups is 1. The lowest BCUT2D eigenvalue weighted by Gasteiger charge is -2.25. The lowest BCUT2D eigenvalue weighted by Crippen LogP contribution is -2.24. The number of Topliss-reactive ketones (excluding diaryl/α,β-unsaturated/α-hetero) is 1. The van der Waals surface area contributed by atoms with Crippen LogP contribution >= 0.6 is 0 Å². The van der Waals surface area contributed by atoms with Crippen molar-refractivity contribution in [3.05, 3.63) is 60.3 Å². The molecule has 1 aliphatic heterocycles. The molecule has 8 nitrogen and oxygen atoms in total. The number of nitrogens with one attached hydrogen (secondary N) is 2. The topological polar surface area (TPSA) is 110 Å². The van der Waals surface area contributed by atoms with Crippen LogP contribution in [0.5, 0.6) is 0 Å². The maximum absolute atomic E-state index is 13.3. The summed E-state index contributed by atoms with van der Waals surface area (Å²) < 4.78 is 27.8. The van der Waals surface area contributed by atoms with E-state index in [0.29, 0.717) is 42.0 Å². The molecule has 0 spiro atoms. The first-order chi connectivity index (χ1) is 15.8. The summed E-state index contributed by atoms with van der Waals surface area (Å²) in [6.07, 6.45) is 4.02. The Bertz CT molecular complexity index is 1360. The highest BCUT2D eigenvalue weighted by molar-refractivity contribution is 7.92. The highest BCUT2D eigenvalue weighted by atomic mass is 32.2. The predicted octanol–water partition coefficient (Wildman–Crippen LogP) is 3.79. The predicted molar refractivity (Wildman–Crippen MR) is 123 cm³/mol. The van der Waals surface area contributed by atoms with E-state index >= 15 is 0 Å². The van der Waals surface area contributed by atoms with Gasteiger partial charge in [-0.15, -0.1) is 0 Å². The molecule has 0 radical (unpaired) electrons. The van der Waals surface area contributed by atoms with Crippen molar-refractivity contribution >= 4 is 38.7 Å². The van der Waals surface area contributed by atoms with Crippen molar-refractivity contribution in [2.75, 3.05) is 10.6 Å². The number of fused-ring (bicyclic) bond motifs is 2. The van der Waals surface area contributed by atoms with Gasteiger partial charge in [0.25, 0.3) is 0 Å². The van der Waals surface area contributed by atoms with Crippen LogP contribution in [0.2, 0.25) is 0 Å². The maximum Gasteiger partial charge on any atom is 0.233 e. The largest absolute Gasteiger partial charge is 0.353 e. The summed E-state index contributed by atoms with van der Waals surface area (Å²) in [5.74, 6) is 0.00802. The fourth-order valence-corrected chi connectivity index (χ4v) is 6.23. The zero-order valence-corrected chi connectivity index (χ0v) is 18.9. The Morgan fingerprint density at radius 1 is 1.18 bits per heavy atom. The summed E-state index contributed by atoms with van der Waals surface area (Å²) in [6, 6.07) is 13.5. The smallest absolute Gasteiger partial charge is 0.233 e. The SMILES string of the molecule is Cn1ccc(NC(=O)C(CC2CCC(=O)C2)c2ccc3c(c2)Nc2ccccc2S3(=O)=O)n1. The Kier molecular flexibility index (Phi) is 5.28. The van der Waals surface area contributed by atoms with Crippen molar-refractivity contribution in [3.63, 3.8) is 0 Å². The average molecular weight is 465 g/mol. The lowest BCUT2D eigenvalue weighted by molar-refractivity contribution is -0.119. The second kappa shape index (κ2) is 8.15. The molecule has 2 aromatic carbocycles. The third-order valence-corrected chi connectivity index (χ3v) is 8.21. The molecule has 3 aromatic rings. The second-order valence-electron chi connectivity index (χ2n) is 8.68. The summed E-state index contributed by atoms with van der Waals surface area (Å²) in [7, 11) is -1.89. The molecule has 2 heterocycles. The van der Waals surface area contributed by atoms with E-state index in [1.807, 2.05) is 0 Å². The van der Waals surface area contributed by atoms with Crippen molar-refractivity contribution in [1.82, 2.24) is 9.78 Å². The summed E-state index contributed by atoms with van der Waals surface area (Å²) in [5, 5.41) is 10.3. The minimum absolute atomic E-state index is 0.116. The Morgan fingerprint density at radius 2 is 1.97 bits per heavy atom. The van der Waals surface area contributed by atoms with E-state index in [0.717, 1.165) is 6.42 Å². The number of para-hydroxylation sites is 1. The van der Waals surface area contributed by atoms with Gasteiger partial charge in [0.05, 0.1) is 27.1 Å².